The van der Waals surface area contributed by atoms with Crippen molar-refractivity contribution in [2.75, 3.05) is 6.54 Å². The minimum absolute atomic E-state index is 0.0617. The number of hydrogen-bond donors (Lipinski definition) is 2. The number of imide groups is 1. The fraction of sp³-hybridized carbons (Fsp3) is 0.429. The zero-order valence-electron chi connectivity index (χ0n) is 16.6. The molecule has 1 aromatic heterocycles. The highest BCUT2D eigenvalue weighted by Crippen LogP contribution is 2.42. The molecular weight excluding hydrogens is 440 g/mol. The second-order valence-electron chi connectivity index (χ2n) is 8.36. The van der Waals surface area contributed by atoms with Crippen LogP contribution in [0.25, 0.3) is 0 Å². The van der Waals surface area contributed by atoms with E-state index in [4.69, 9.17) is 16.2 Å². The van der Waals surface area contributed by atoms with Crippen molar-refractivity contribution in [3.63, 3.8) is 0 Å². The van der Waals surface area contributed by atoms with Crippen molar-refractivity contribution in [1.29, 1.82) is 0 Å². The lowest BCUT2D eigenvalue weighted by atomic mass is 9.71. The second-order valence-corrected chi connectivity index (χ2v) is 9.44. The molecule has 3 aliphatic rings. The molecule has 0 radical (unpaired) electrons. The molecule has 1 aliphatic carbocycles. The molecule has 1 saturated heterocycles. The van der Waals surface area contributed by atoms with E-state index in [9.17, 15) is 14.4 Å². The van der Waals surface area contributed by atoms with Crippen LogP contribution in [0.15, 0.2) is 29.8 Å². The van der Waals surface area contributed by atoms with Crippen LogP contribution in [0.3, 0.4) is 0 Å². The van der Waals surface area contributed by atoms with E-state index in [0.29, 0.717) is 23.8 Å². The summed E-state index contributed by atoms with van der Waals surface area (Å²) in [4.78, 5) is 44.2. The van der Waals surface area contributed by atoms with Gasteiger partial charge in [-0.05, 0) is 49.3 Å². The molecule has 162 valence electrons. The first kappa shape index (κ1) is 20.3. The Morgan fingerprint density at radius 2 is 2.03 bits per heavy atom. The van der Waals surface area contributed by atoms with Crippen LogP contribution < -0.4 is 14.9 Å². The van der Waals surface area contributed by atoms with Crippen LogP contribution in [0.5, 0.6) is 5.75 Å². The van der Waals surface area contributed by atoms with Gasteiger partial charge in [-0.15, -0.1) is 11.3 Å². The lowest BCUT2D eigenvalue weighted by molar-refractivity contribution is -0.127. The quantitative estimate of drug-likeness (QED) is 0.667. The van der Waals surface area contributed by atoms with E-state index in [1.54, 1.807) is 34.4 Å². The number of urea groups is 1. The summed E-state index contributed by atoms with van der Waals surface area (Å²) in [6.07, 6.45) is 5.16. The molecule has 0 spiro atoms. The van der Waals surface area contributed by atoms with Crippen LogP contribution in [-0.2, 0) is 11.3 Å². The van der Waals surface area contributed by atoms with Crippen LogP contribution in [0, 0.1) is 5.92 Å². The van der Waals surface area contributed by atoms with Gasteiger partial charge < -0.3 is 14.5 Å². The van der Waals surface area contributed by atoms with Gasteiger partial charge in [-0.1, -0.05) is 6.07 Å². The number of nitrogens with zero attached hydrogens (tertiary/aromatic N) is 2. The van der Waals surface area contributed by atoms with Crippen molar-refractivity contribution in [3.05, 3.63) is 45.9 Å². The predicted octanol–water partition coefficient (Wildman–Crippen LogP) is 3.18. The molecule has 2 N–H and O–H groups in total. The highest BCUT2D eigenvalue weighted by molar-refractivity contribution is 7.09. The maximum absolute atomic E-state index is 13.0. The third-order valence-electron chi connectivity index (χ3n) is 6.68. The third kappa shape index (κ3) is 3.45. The van der Waals surface area contributed by atoms with E-state index < -0.39 is 11.6 Å². The average Bonchev–Trinajstić information content (AvgIpc) is 3.48. The normalized spacial score (nSPS) is 27.8. The summed E-state index contributed by atoms with van der Waals surface area (Å²) < 4.78 is 4.72. The fourth-order valence-corrected chi connectivity index (χ4v) is 6.03. The van der Waals surface area contributed by atoms with E-state index in [2.05, 4.69) is 15.6 Å². The number of fused-ring (bicyclic) bond motifs is 1. The first-order valence-electron chi connectivity index (χ1n) is 10.2. The molecule has 2 fully saturated rings. The SMILES string of the molecule is O=C1NC(=O)[C@](CN2Cc3ccc(OCl)cc3C2=O)(C2CCC(c3nccs3)CC2)N1. The van der Waals surface area contributed by atoms with Gasteiger partial charge in [0, 0.05) is 29.6 Å². The summed E-state index contributed by atoms with van der Waals surface area (Å²) in [6.45, 7) is 0.498. The Hall–Kier alpha value is -2.65. The maximum atomic E-state index is 13.0. The molecular formula is C21H21ClN4O4S. The smallest absolute Gasteiger partial charge is 0.322 e. The second kappa shape index (κ2) is 7.80. The van der Waals surface area contributed by atoms with Crippen LogP contribution in [-0.4, -0.2) is 39.8 Å². The molecule has 4 amide bonds. The number of nitrogens with one attached hydrogen (secondary N) is 2. The molecule has 10 heteroatoms. The van der Waals surface area contributed by atoms with E-state index in [1.807, 2.05) is 11.6 Å². The molecule has 0 unspecified atom stereocenters. The first-order valence-corrected chi connectivity index (χ1v) is 11.4. The van der Waals surface area contributed by atoms with Crippen molar-refractivity contribution in [2.45, 2.75) is 43.7 Å². The molecule has 0 bridgehead atoms. The Morgan fingerprint density at radius 3 is 2.68 bits per heavy atom. The van der Waals surface area contributed by atoms with Gasteiger partial charge in [0.25, 0.3) is 11.8 Å². The molecule has 2 aromatic rings. The largest absolute Gasteiger partial charge is 0.386 e. The lowest BCUT2D eigenvalue weighted by Crippen LogP contribution is -2.60. The average molecular weight is 461 g/mol. The zero-order chi connectivity index (χ0) is 21.6. The van der Waals surface area contributed by atoms with Gasteiger partial charge in [0.15, 0.2) is 0 Å². The molecule has 8 nitrogen and oxygen atoms in total. The number of rotatable bonds is 5. The van der Waals surface area contributed by atoms with Gasteiger partial charge in [-0.2, -0.15) is 0 Å². The lowest BCUT2D eigenvalue weighted by Gasteiger charge is -2.40. The minimum atomic E-state index is -1.13. The highest BCUT2D eigenvalue weighted by atomic mass is 35.5. The monoisotopic (exact) mass is 460 g/mol. The molecule has 1 atom stereocenters. The number of aromatic nitrogens is 1. The number of benzene rings is 1. The van der Waals surface area contributed by atoms with E-state index in [1.165, 1.54) is 0 Å². The third-order valence-corrected chi connectivity index (χ3v) is 7.80. The van der Waals surface area contributed by atoms with Gasteiger partial charge in [-0.25, -0.2) is 9.78 Å². The molecule has 1 saturated carbocycles. The number of amides is 4. The Bertz CT molecular complexity index is 1040. The van der Waals surface area contributed by atoms with E-state index >= 15 is 0 Å². The Kier molecular flexibility index (Phi) is 5.10. The van der Waals surface area contributed by atoms with Crippen LogP contribution in [0.4, 0.5) is 4.79 Å². The summed E-state index contributed by atoms with van der Waals surface area (Å²) in [5.41, 5.74) is 0.217. The van der Waals surface area contributed by atoms with E-state index in [0.717, 1.165) is 36.3 Å². The van der Waals surface area contributed by atoms with Crippen molar-refractivity contribution in [3.8, 4) is 5.75 Å². The number of carbonyl (C=O) groups is 3. The van der Waals surface area contributed by atoms with E-state index in [-0.39, 0.29) is 24.3 Å². The Morgan fingerprint density at radius 1 is 1.23 bits per heavy atom. The molecule has 1 aromatic carbocycles. The van der Waals surface area contributed by atoms with Gasteiger partial charge in [0.05, 0.1) is 11.6 Å². The molecule has 3 heterocycles. The summed E-state index contributed by atoms with van der Waals surface area (Å²) >= 11 is 7.08. The van der Waals surface area contributed by atoms with Crippen molar-refractivity contribution in [2.24, 2.45) is 5.92 Å². The summed E-state index contributed by atoms with van der Waals surface area (Å²) in [6, 6.07) is 4.59. The van der Waals surface area contributed by atoms with Gasteiger partial charge in [0.2, 0.25) is 0 Å². The Labute approximate surface area is 188 Å². The number of carbonyl (C=O) groups excluding carboxylic acids is 3. The summed E-state index contributed by atoms with van der Waals surface area (Å²) in [5, 5.41) is 8.38. The number of hydrogen-bond acceptors (Lipinski definition) is 6. The Balaban J connectivity index is 1.37. The molecule has 2 aliphatic heterocycles. The number of halogens is 1. The highest BCUT2D eigenvalue weighted by Gasteiger charge is 2.54. The van der Waals surface area contributed by atoms with Gasteiger partial charge in [-0.3, -0.25) is 14.9 Å². The van der Waals surface area contributed by atoms with Crippen molar-refractivity contribution >= 4 is 41.0 Å². The first-order chi connectivity index (χ1) is 15.0. The fourth-order valence-electron chi connectivity index (χ4n) is 5.12. The van der Waals surface area contributed by atoms with Gasteiger partial charge in [0.1, 0.15) is 23.2 Å². The predicted molar refractivity (Wildman–Crippen MR) is 114 cm³/mol. The number of thiazole rings is 1. The van der Waals surface area contributed by atoms with Crippen LogP contribution in [0.2, 0.25) is 0 Å². The van der Waals surface area contributed by atoms with Crippen LogP contribution >= 0.6 is 23.2 Å². The topological polar surface area (TPSA) is 101 Å². The molecule has 5 rings (SSSR count). The van der Waals surface area contributed by atoms with Crippen molar-refractivity contribution in [1.82, 2.24) is 20.5 Å². The van der Waals surface area contributed by atoms with Crippen LogP contribution in [0.1, 0.15) is 52.5 Å². The van der Waals surface area contributed by atoms with Gasteiger partial charge >= 0.3 is 6.03 Å². The molecule has 31 heavy (non-hydrogen) atoms. The summed E-state index contributed by atoms with van der Waals surface area (Å²) in [7, 11) is 0. The van der Waals surface area contributed by atoms with Crippen molar-refractivity contribution < 1.29 is 18.7 Å². The maximum Gasteiger partial charge on any atom is 0.322 e. The minimum Gasteiger partial charge on any atom is -0.386 e. The zero-order valence-corrected chi connectivity index (χ0v) is 18.2. The summed E-state index contributed by atoms with van der Waals surface area (Å²) in [5.74, 6) is 0.144. The standard InChI is InChI=1S/C21H21ClN4O4S/c22-30-15-6-3-13-10-26(18(27)16(13)9-15)11-21(19(28)24-20(29)25-21)14-4-1-12(2-5-14)17-23-7-8-31-17/h3,6-9,12,14H,1-2,4-5,10-11H2,(H2,24,25,28,29)/t12?,14?,21-/m0/s1.